The summed E-state index contributed by atoms with van der Waals surface area (Å²) in [5.74, 6) is 0.103. The van der Waals surface area contributed by atoms with Gasteiger partial charge < -0.3 is 10.6 Å². The standard InChI is InChI=1S/C14H24N4O/c1-4-18(12-7-5-11(15)6-8-12)14(19)13-9(2)16-17-10(13)3/h11-12H,4-8,15H2,1-3H3,(H,16,17). The fraction of sp³-hybridized carbons (Fsp3) is 0.714. The molecular formula is C14H24N4O. The molecule has 0 aromatic carbocycles. The van der Waals surface area contributed by atoms with E-state index in [1.807, 2.05) is 25.7 Å². The van der Waals surface area contributed by atoms with Gasteiger partial charge in [0.25, 0.3) is 5.91 Å². The van der Waals surface area contributed by atoms with Gasteiger partial charge in [0.15, 0.2) is 0 Å². The molecule has 3 N–H and O–H groups in total. The maximum atomic E-state index is 12.7. The van der Waals surface area contributed by atoms with Gasteiger partial charge in [0.2, 0.25) is 0 Å². The van der Waals surface area contributed by atoms with Crippen LogP contribution < -0.4 is 5.73 Å². The molecule has 1 heterocycles. The third-order valence-electron chi connectivity index (χ3n) is 4.13. The van der Waals surface area contributed by atoms with Crippen molar-refractivity contribution in [3.8, 4) is 0 Å². The molecule has 1 aliphatic carbocycles. The SMILES string of the molecule is CCN(C(=O)c1c(C)n[nH]c1C)C1CCC(N)CC1. The number of nitrogens with two attached hydrogens (primary N) is 1. The minimum Gasteiger partial charge on any atom is -0.336 e. The van der Waals surface area contributed by atoms with Gasteiger partial charge in [-0.05, 0) is 46.5 Å². The van der Waals surface area contributed by atoms with E-state index in [0.29, 0.717) is 12.1 Å². The number of rotatable bonds is 3. The molecule has 1 fully saturated rings. The molecule has 0 spiro atoms. The first-order chi connectivity index (χ1) is 9.04. The number of aryl methyl sites for hydroxylation is 2. The van der Waals surface area contributed by atoms with Crippen LogP contribution in [0, 0.1) is 13.8 Å². The van der Waals surface area contributed by atoms with Gasteiger partial charge in [-0.3, -0.25) is 9.89 Å². The third-order valence-corrected chi connectivity index (χ3v) is 4.13. The third kappa shape index (κ3) is 2.81. The predicted octanol–water partition coefficient (Wildman–Crippen LogP) is 1.76. The zero-order valence-corrected chi connectivity index (χ0v) is 12.1. The van der Waals surface area contributed by atoms with E-state index in [0.717, 1.165) is 49.2 Å². The molecule has 0 bridgehead atoms. The lowest BCUT2D eigenvalue weighted by Gasteiger charge is -2.35. The molecule has 5 nitrogen and oxygen atoms in total. The van der Waals surface area contributed by atoms with Gasteiger partial charge in [-0.1, -0.05) is 0 Å². The number of carbonyl (C=O) groups is 1. The second-order valence-corrected chi connectivity index (χ2v) is 5.47. The number of aromatic nitrogens is 2. The van der Waals surface area contributed by atoms with Crippen molar-refractivity contribution in [2.75, 3.05) is 6.54 Å². The van der Waals surface area contributed by atoms with Crippen molar-refractivity contribution in [3.05, 3.63) is 17.0 Å². The molecular weight excluding hydrogens is 240 g/mol. The number of H-pyrrole nitrogens is 1. The Morgan fingerprint density at radius 1 is 1.37 bits per heavy atom. The average Bonchev–Trinajstić information content (AvgIpc) is 2.72. The van der Waals surface area contributed by atoms with Crippen molar-refractivity contribution in [2.24, 2.45) is 5.73 Å². The Balaban J connectivity index is 2.16. The summed E-state index contributed by atoms with van der Waals surface area (Å²) in [6.45, 7) is 6.55. The van der Waals surface area contributed by atoms with E-state index in [-0.39, 0.29) is 5.91 Å². The van der Waals surface area contributed by atoms with Crippen molar-refractivity contribution in [1.82, 2.24) is 15.1 Å². The van der Waals surface area contributed by atoms with E-state index in [4.69, 9.17) is 5.73 Å². The van der Waals surface area contributed by atoms with Crippen LogP contribution in [0.3, 0.4) is 0 Å². The summed E-state index contributed by atoms with van der Waals surface area (Å²) >= 11 is 0. The number of nitrogens with one attached hydrogen (secondary N) is 1. The van der Waals surface area contributed by atoms with E-state index in [9.17, 15) is 4.79 Å². The first-order valence-electron chi connectivity index (χ1n) is 7.12. The zero-order valence-electron chi connectivity index (χ0n) is 12.1. The van der Waals surface area contributed by atoms with Crippen LogP contribution in [0.15, 0.2) is 0 Å². The molecule has 1 amide bonds. The van der Waals surface area contributed by atoms with E-state index >= 15 is 0 Å². The monoisotopic (exact) mass is 264 g/mol. The molecule has 1 aromatic rings. The highest BCUT2D eigenvalue weighted by molar-refractivity contribution is 5.96. The Kier molecular flexibility index (Phi) is 4.24. The maximum Gasteiger partial charge on any atom is 0.257 e. The Morgan fingerprint density at radius 3 is 2.47 bits per heavy atom. The highest BCUT2D eigenvalue weighted by atomic mass is 16.2. The number of amides is 1. The van der Waals surface area contributed by atoms with Crippen LogP contribution in [0.25, 0.3) is 0 Å². The van der Waals surface area contributed by atoms with Crippen molar-refractivity contribution >= 4 is 5.91 Å². The zero-order chi connectivity index (χ0) is 14.0. The second kappa shape index (κ2) is 5.74. The Labute approximate surface area is 114 Å². The molecule has 1 saturated carbocycles. The largest absolute Gasteiger partial charge is 0.336 e. The molecule has 5 heteroatoms. The van der Waals surface area contributed by atoms with Gasteiger partial charge in [0, 0.05) is 24.3 Å². The van der Waals surface area contributed by atoms with Gasteiger partial charge in [-0.2, -0.15) is 5.10 Å². The second-order valence-electron chi connectivity index (χ2n) is 5.47. The number of aromatic amines is 1. The van der Waals surface area contributed by atoms with Crippen molar-refractivity contribution < 1.29 is 4.79 Å². The minimum atomic E-state index is 0.103. The molecule has 0 atom stereocenters. The first-order valence-corrected chi connectivity index (χ1v) is 7.12. The van der Waals surface area contributed by atoms with Gasteiger partial charge in [-0.15, -0.1) is 0 Å². The summed E-state index contributed by atoms with van der Waals surface area (Å²) in [7, 11) is 0. The summed E-state index contributed by atoms with van der Waals surface area (Å²) < 4.78 is 0. The van der Waals surface area contributed by atoms with Crippen LogP contribution in [-0.2, 0) is 0 Å². The normalized spacial score (nSPS) is 23.4. The van der Waals surface area contributed by atoms with Crippen molar-refractivity contribution in [3.63, 3.8) is 0 Å². The molecule has 106 valence electrons. The Morgan fingerprint density at radius 2 is 2.00 bits per heavy atom. The molecule has 19 heavy (non-hydrogen) atoms. The van der Waals surface area contributed by atoms with Crippen LogP contribution >= 0.6 is 0 Å². The van der Waals surface area contributed by atoms with Crippen LogP contribution in [0.5, 0.6) is 0 Å². The van der Waals surface area contributed by atoms with Crippen LogP contribution in [0.1, 0.15) is 54.4 Å². The Bertz CT molecular complexity index is 427. The van der Waals surface area contributed by atoms with Gasteiger partial charge in [0.1, 0.15) is 0 Å². The summed E-state index contributed by atoms with van der Waals surface area (Å²) in [6.07, 6.45) is 4.04. The van der Waals surface area contributed by atoms with E-state index < -0.39 is 0 Å². The van der Waals surface area contributed by atoms with Gasteiger partial charge in [0.05, 0.1) is 11.3 Å². The highest BCUT2D eigenvalue weighted by Gasteiger charge is 2.29. The summed E-state index contributed by atoms with van der Waals surface area (Å²) in [5.41, 5.74) is 8.31. The molecule has 0 radical (unpaired) electrons. The number of hydrogen-bond donors (Lipinski definition) is 2. The number of nitrogens with zero attached hydrogens (tertiary/aromatic N) is 2. The van der Waals surface area contributed by atoms with Crippen LogP contribution in [-0.4, -0.2) is 39.6 Å². The van der Waals surface area contributed by atoms with E-state index in [1.54, 1.807) is 0 Å². The predicted molar refractivity (Wildman–Crippen MR) is 75.0 cm³/mol. The molecule has 1 aliphatic rings. The summed E-state index contributed by atoms with van der Waals surface area (Å²) in [6, 6.07) is 0.633. The fourth-order valence-corrected chi connectivity index (χ4v) is 2.99. The van der Waals surface area contributed by atoms with E-state index in [1.165, 1.54) is 0 Å². The molecule has 1 aromatic heterocycles. The first kappa shape index (κ1) is 14.1. The van der Waals surface area contributed by atoms with E-state index in [2.05, 4.69) is 10.2 Å². The highest BCUT2D eigenvalue weighted by Crippen LogP contribution is 2.24. The average molecular weight is 264 g/mol. The summed E-state index contributed by atoms with van der Waals surface area (Å²) in [5, 5.41) is 7.01. The Hall–Kier alpha value is -1.36. The molecule has 0 unspecified atom stereocenters. The number of carbonyl (C=O) groups excluding carboxylic acids is 1. The summed E-state index contributed by atoms with van der Waals surface area (Å²) in [4.78, 5) is 14.7. The smallest absolute Gasteiger partial charge is 0.257 e. The van der Waals surface area contributed by atoms with Gasteiger partial charge >= 0.3 is 0 Å². The fourth-order valence-electron chi connectivity index (χ4n) is 2.99. The van der Waals surface area contributed by atoms with Crippen LogP contribution in [0.4, 0.5) is 0 Å². The topological polar surface area (TPSA) is 75.0 Å². The minimum absolute atomic E-state index is 0.103. The van der Waals surface area contributed by atoms with Crippen molar-refractivity contribution in [2.45, 2.75) is 58.5 Å². The molecule has 0 saturated heterocycles. The molecule has 2 rings (SSSR count). The lowest BCUT2D eigenvalue weighted by molar-refractivity contribution is 0.0639. The lowest BCUT2D eigenvalue weighted by Crippen LogP contribution is -2.44. The lowest BCUT2D eigenvalue weighted by atomic mass is 9.90. The maximum absolute atomic E-state index is 12.7. The van der Waals surface area contributed by atoms with Gasteiger partial charge in [-0.25, -0.2) is 0 Å². The number of hydrogen-bond acceptors (Lipinski definition) is 3. The van der Waals surface area contributed by atoms with Crippen LogP contribution in [0.2, 0.25) is 0 Å². The quantitative estimate of drug-likeness (QED) is 0.873. The van der Waals surface area contributed by atoms with Crippen molar-refractivity contribution in [1.29, 1.82) is 0 Å². The molecule has 0 aliphatic heterocycles.